The Labute approximate surface area is 183 Å². The van der Waals surface area contributed by atoms with Crippen LogP contribution >= 0.6 is 0 Å². The molecule has 2 amide bonds. The number of nitrogens with one attached hydrogen (secondary N) is 2. The standard InChI is InChI=1S/C24H37F3N2O2/c1-13(24(25,26)27)14(2)28-21(31)18-7-6-16-15-5-8-19-23(4,12-10-20(30)29-19)17(15)9-11-22(16,18)3/h13-19H,5-12H2,1-4H3,(H,28,31)(H,29,30)/t13?,14?,15-,16-,17+,18?,19?,22-,23+/m0/s1. The Morgan fingerprint density at radius 1 is 1.03 bits per heavy atom. The van der Waals surface area contributed by atoms with E-state index in [0.717, 1.165) is 51.9 Å². The average molecular weight is 443 g/mol. The van der Waals surface area contributed by atoms with Crippen LogP contribution in [-0.4, -0.2) is 30.1 Å². The highest BCUT2D eigenvalue weighted by molar-refractivity contribution is 5.80. The summed E-state index contributed by atoms with van der Waals surface area (Å²) >= 11 is 0. The molecule has 31 heavy (non-hydrogen) atoms. The lowest BCUT2D eigenvalue weighted by Crippen LogP contribution is -2.61. The van der Waals surface area contributed by atoms with Crippen molar-refractivity contribution in [3.63, 3.8) is 0 Å². The van der Waals surface area contributed by atoms with Gasteiger partial charge in [-0.05, 0) is 80.5 Å². The highest BCUT2D eigenvalue weighted by Gasteiger charge is 2.61. The van der Waals surface area contributed by atoms with Crippen LogP contribution in [0.2, 0.25) is 0 Å². The lowest BCUT2D eigenvalue weighted by Gasteiger charge is -2.60. The number of carbonyl (C=O) groups excluding carboxylic acids is 2. The summed E-state index contributed by atoms with van der Waals surface area (Å²) in [7, 11) is 0. The molecule has 2 N–H and O–H groups in total. The van der Waals surface area contributed by atoms with Crippen LogP contribution in [0.4, 0.5) is 13.2 Å². The van der Waals surface area contributed by atoms with Crippen molar-refractivity contribution in [1.82, 2.24) is 10.6 Å². The maximum Gasteiger partial charge on any atom is 0.393 e. The van der Waals surface area contributed by atoms with Crippen molar-refractivity contribution < 1.29 is 22.8 Å². The van der Waals surface area contributed by atoms with Gasteiger partial charge in [-0.2, -0.15) is 13.2 Å². The molecule has 4 fully saturated rings. The van der Waals surface area contributed by atoms with Gasteiger partial charge >= 0.3 is 6.18 Å². The van der Waals surface area contributed by atoms with E-state index in [1.807, 2.05) is 0 Å². The molecule has 1 aliphatic heterocycles. The molecule has 0 aromatic heterocycles. The van der Waals surface area contributed by atoms with Gasteiger partial charge in [-0.1, -0.05) is 20.8 Å². The number of amides is 2. The first-order chi connectivity index (χ1) is 14.4. The Balaban J connectivity index is 1.48. The summed E-state index contributed by atoms with van der Waals surface area (Å²) in [5.74, 6) is -0.270. The largest absolute Gasteiger partial charge is 0.393 e. The molecular formula is C24H37F3N2O2. The molecule has 0 aromatic carbocycles. The third-order valence-corrected chi connectivity index (χ3v) is 10.0. The topological polar surface area (TPSA) is 58.2 Å². The molecule has 4 nitrogen and oxygen atoms in total. The molecule has 0 spiro atoms. The number of carbonyl (C=O) groups is 2. The van der Waals surface area contributed by atoms with Crippen LogP contribution in [0.1, 0.15) is 79.1 Å². The summed E-state index contributed by atoms with van der Waals surface area (Å²) in [5, 5.41) is 5.95. The second-order valence-corrected chi connectivity index (χ2v) is 11.4. The zero-order chi connectivity index (χ0) is 22.8. The van der Waals surface area contributed by atoms with Gasteiger partial charge in [0.05, 0.1) is 5.92 Å². The minimum absolute atomic E-state index is 0.120. The van der Waals surface area contributed by atoms with E-state index < -0.39 is 18.1 Å². The zero-order valence-corrected chi connectivity index (χ0v) is 19.1. The van der Waals surface area contributed by atoms with E-state index in [1.165, 1.54) is 6.92 Å². The van der Waals surface area contributed by atoms with E-state index in [1.54, 1.807) is 0 Å². The Hall–Kier alpha value is -1.27. The van der Waals surface area contributed by atoms with Crippen molar-refractivity contribution in [3.8, 4) is 0 Å². The second kappa shape index (κ2) is 7.65. The third-order valence-electron chi connectivity index (χ3n) is 10.0. The Kier molecular flexibility index (Phi) is 5.65. The Morgan fingerprint density at radius 2 is 1.71 bits per heavy atom. The number of hydrogen-bond acceptors (Lipinski definition) is 2. The Morgan fingerprint density at radius 3 is 2.39 bits per heavy atom. The van der Waals surface area contributed by atoms with E-state index in [9.17, 15) is 22.8 Å². The summed E-state index contributed by atoms with van der Waals surface area (Å²) in [6, 6.07) is -0.670. The van der Waals surface area contributed by atoms with Crippen LogP contribution in [0.5, 0.6) is 0 Å². The van der Waals surface area contributed by atoms with Crippen LogP contribution in [0.25, 0.3) is 0 Å². The fraction of sp³-hybridized carbons (Fsp3) is 0.917. The number of piperidine rings is 1. The fourth-order valence-electron chi connectivity index (χ4n) is 7.87. The molecule has 4 unspecified atom stereocenters. The van der Waals surface area contributed by atoms with Gasteiger partial charge in [0.1, 0.15) is 0 Å². The first kappa shape index (κ1) is 22.9. The van der Waals surface area contributed by atoms with Gasteiger partial charge in [0.15, 0.2) is 0 Å². The maximum atomic E-state index is 13.1. The van der Waals surface area contributed by atoms with Crippen LogP contribution in [0.3, 0.4) is 0 Å². The van der Waals surface area contributed by atoms with Crippen LogP contribution in [0, 0.1) is 40.4 Å². The van der Waals surface area contributed by atoms with E-state index in [-0.39, 0.29) is 34.6 Å². The van der Waals surface area contributed by atoms with E-state index in [4.69, 9.17) is 0 Å². The summed E-state index contributed by atoms with van der Waals surface area (Å²) in [6.45, 7) is 7.15. The number of fused-ring (bicyclic) bond motifs is 5. The zero-order valence-electron chi connectivity index (χ0n) is 19.1. The normalized spacial score (nSPS) is 44.4. The molecule has 3 aliphatic carbocycles. The van der Waals surface area contributed by atoms with Gasteiger partial charge < -0.3 is 10.6 Å². The fourth-order valence-corrected chi connectivity index (χ4v) is 7.87. The molecule has 7 heteroatoms. The highest BCUT2D eigenvalue weighted by atomic mass is 19.4. The lowest BCUT2D eigenvalue weighted by atomic mass is 9.47. The molecule has 0 bridgehead atoms. The molecular weight excluding hydrogens is 405 g/mol. The molecule has 176 valence electrons. The van der Waals surface area contributed by atoms with Crippen molar-refractivity contribution >= 4 is 11.8 Å². The smallest absolute Gasteiger partial charge is 0.353 e. The minimum atomic E-state index is -4.31. The van der Waals surface area contributed by atoms with Gasteiger partial charge in [-0.15, -0.1) is 0 Å². The Bertz CT molecular complexity index is 741. The van der Waals surface area contributed by atoms with Crippen molar-refractivity contribution in [1.29, 1.82) is 0 Å². The van der Waals surface area contributed by atoms with Crippen molar-refractivity contribution in [2.45, 2.75) is 97.3 Å². The molecule has 4 aliphatic rings. The van der Waals surface area contributed by atoms with E-state index >= 15 is 0 Å². The van der Waals surface area contributed by atoms with Crippen LogP contribution in [-0.2, 0) is 9.59 Å². The summed E-state index contributed by atoms with van der Waals surface area (Å²) in [4.78, 5) is 25.1. The monoisotopic (exact) mass is 442 g/mol. The van der Waals surface area contributed by atoms with E-state index in [2.05, 4.69) is 24.5 Å². The summed E-state index contributed by atoms with van der Waals surface area (Å²) < 4.78 is 39.2. The predicted molar refractivity (Wildman–Crippen MR) is 112 cm³/mol. The molecule has 3 saturated carbocycles. The molecule has 4 rings (SSSR count). The number of hydrogen-bond donors (Lipinski definition) is 2. The van der Waals surface area contributed by atoms with E-state index in [0.29, 0.717) is 24.2 Å². The first-order valence-electron chi connectivity index (χ1n) is 12.0. The lowest BCUT2D eigenvalue weighted by molar-refractivity contribution is -0.177. The predicted octanol–water partition coefficient (Wildman–Crippen LogP) is 4.83. The molecule has 1 heterocycles. The van der Waals surface area contributed by atoms with Gasteiger partial charge in [-0.25, -0.2) is 0 Å². The maximum absolute atomic E-state index is 13.1. The van der Waals surface area contributed by atoms with Crippen molar-refractivity contribution in [3.05, 3.63) is 0 Å². The molecule has 9 atom stereocenters. The average Bonchev–Trinajstić information content (AvgIpc) is 3.04. The minimum Gasteiger partial charge on any atom is -0.353 e. The van der Waals surface area contributed by atoms with Crippen LogP contribution in [0.15, 0.2) is 0 Å². The summed E-state index contributed by atoms with van der Waals surface area (Å²) in [5.41, 5.74) is -0.0251. The first-order valence-corrected chi connectivity index (χ1v) is 12.0. The molecule has 0 radical (unpaired) electrons. The summed E-state index contributed by atoms with van der Waals surface area (Å²) in [6.07, 6.45) is 3.01. The molecule has 1 saturated heterocycles. The van der Waals surface area contributed by atoms with Crippen LogP contribution < -0.4 is 10.6 Å². The quantitative estimate of drug-likeness (QED) is 0.658. The second-order valence-electron chi connectivity index (χ2n) is 11.4. The number of halogens is 3. The van der Waals surface area contributed by atoms with Crippen molar-refractivity contribution in [2.75, 3.05) is 0 Å². The van der Waals surface area contributed by atoms with Gasteiger partial charge in [0.25, 0.3) is 0 Å². The molecule has 0 aromatic rings. The van der Waals surface area contributed by atoms with Crippen molar-refractivity contribution in [2.24, 2.45) is 40.4 Å². The highest BCUT2D eigenvalue weighted by Crippen LogP contribution is 2.65. The van der Waals surface area contributed by atoms with Gasteiger partial charge in [0.2, 0.25) is 11.8 Å². The third kappa shape index (κ3) is 3.68. The van der Waals surface area contributed by atoms with Gasteiger partial charge in [0, 0.05) is 24.4 Å². The number of alkyl halides is 3. The van der Waals surface area contributed by atoms with Gasteiger partial charge in [-0.3, -0.25) is 9.59 Å². The number of rotatable bonds is 3. The SMILES string of the molecule is CC(NC(=O)C1CC[C@H]2[C@@H]3CCC4NC(=O)CC[C@]4(C)[C@@H]3CC[C@]12C)C(C)C(F)(F)F.